The maximum atomic E-state index is 13.3. The van der Waals surface area contributed by atoms with Crippen LogP contribution in [0, 0.1) is 6.92 Å². The highest BCUT2D eigenvalue weighted by molar-refractivity contribution is 7.87. The first-order chi connectivity index (χ1) is 19.0. The van der Waals surface area contributed by atoms with E-state index in [1.807, 2.05) is 13.8 Å². The lowest BCUT2D eigenvalue weighted by molar-refractivity contribution is -0.122. The Morgan fingerprint density at radius 1 is 1.00 bits per heavy atom. The van der Waals surface area contributed by atoms with Gasteiger partial charge in [0, 0.05) is 0 Å². The number of hydrogen-bond acceptors (Lipinski definition) is 8. The van der Waals surface area contributed by atoms with Crippen molar-refractivity contribution < 1.29 is 36.5 Å². The number of methoxy groups -OCH3 is 1. The van der Waals surface area contributed by atoms with E-state index in [9.17, 15) is 22.8 Å². The van der Waals surface area contributed by atoms with Crippen LogP contribution in [-0.2, 0) is 19.7 Å². The molecule has 1 N–H and O–H groups in total. The predicted octanol–water partition coefficient (Wildman–Crippen LogP) is 4.88. The Bertz CT molecular complexity index is 1600. The molecule has 1 aliphatic rings. The molecule has 0 unspecified atom stereocenters. The monoisotopic (exact) mass is 584 g/mol. The van der Waals surface area contributed by atoms with Crippen LogP contribution in [-0.4, -0.2) is 40.0 Å². The number of anilines is 1. The number of imide groups is 2. The van der Waals surface area contributed by atoms with Crippen LogP contribution >= 0.6 is 11.6 Å². The van der Waals surface area contributed by atoms with E-state index in [4.69, 9.17) is 25.3 Å². The lowest BCUT2D eigenvalue weighted by Gasteiger charge is -2.26. The Hall–Kier alpha value is -4.35. The van der Waals surface area contributed by atoms with Gasteiger partial charge in [-0.3, -0.25) is 14.9 Å². The van der Waals surface area contributed by atoms with Gasteiger partial charge in [0.25, 0.3) is 11.8 Å². The molecule has 3 aromatic carbocycles. The summed E-state index contributed by atoms with van der Waals surface area (Å²) >= 11 is 6.36. The normalized spacial score (nSPS) is 14.8. The molecule has 0 radical (unpaired) electrons. The average Bonchev–Trinajstić information content (AvgIpc) is 2.92. The second-order valence-electron chi connectivity index (χ2n) is 8.68. The summed E-state index contributed by atoms with van der Waals surface area (Å²) in [6.07, 6.45) is 2.03. The number of hydrogen-bond donors (Lipinski definition) is 1. The summed E-state index contributed by atoms with van der Waals surface area (Å²) in [5.74, 6) is -1.54. The van der Waals surface area contributed by atoms with E-state index in [2.05, 4.69) is 5.32 Å². The fourth-order valence-electron chi connectivity index (χ4n) is 3.74. The number of ether oxygens (including phenoxy) is 2. The maximum absolute atomic E-state index is 13.3. The number of rotatable bonds is 9. The van der Waals surface area contributed by atoms with Crippen molar-refractivity contribution >= 4 is 51.3 Å². The Morgan fingerprint density at radius 3 is 2.30 bits per heavy atom. The Kier molecular flexibility index (Phi) is 8.46. The summed E-state index contributed by atoms with van der Waals surface area (Å²) < 4.78 is 41.7. The zero-order valence-corrected chi connectivity index (χ0v) is 23.3. The van der Waals surface area contributed by atoms with Crippen molar-refractivity contribution in [2.45, 2.75) is 25.2 Å². The zero-order valence-electron chi connectivity index (χ0n) is 21.8. The van der Waals surface area contributed by atoms with Crippen molar-refractivity contribution in [1.82, 2.24) is 5.32 Å². The first-order valence-electron chi connectivity index (χ1n) is 12.1. The maximum Gasteiger partial charge on any atom is 0.339 e. The third-order valence-corrected chi connectivity index (χ3v) is 7.25. The van der Waals surface area contributed by atoms with E-state index in [1.54, 1.807) is 24.3 Å². The van der Waals surface area contributed by atoms with E-state index < -0.39 is 28.0 Å². The fourth-order valence-corrected chi connectivity index (χ4v) is 5.00. The number of carbonyl (C=O) groups is 3. The fraction of sp³-hybridized carbons (Fsp3) is 0.179. The highest BCUT2D eigenvalue weighted by atomic mass is 35.5. The molecule has 10 nitrogen and oxygen atoms in total. The van der Waals surface area contributed by atoms with Crippen LogP contribution in [0.3, 0.4) is 0 Å². The van der Waals surface area contributed by atoms with Crippen LogP contribution < -0.4 is 23.9 Å². The molecule has 0 atom stereocenters. The largest absolute Gasteiger partial charge is 0.494 e. The third kappa shape index (κ3) is 6.11. The molecule has 4 amide bonds. The van der Waals surface area contributed by atoms with Crippen molar-refractivity contribution in [1.29, 1.82) is 0 Å². The number of amides is 4. The number of halogens is 1. The van der Waals surface area contributed by atoms with Crippen LogP contribution in [0.15, 0.2) is 71.1 Å². The molecule has 0 aliphatic carbocycles. The highest BCUT2D eigenvalue weighted by Gasteiger charge is 2.37. The minimum absolute atomic E-state index is 0.0608. The summed E-state index contributed by atoms with van der Waals surface area (Å²) in [5, 5.41) is 1.99. The topological polar surface area (TPSA) is 128 Å². The first kappa shape index (κ1) is 28.7. The van der Waals surface area contributed by atoms with Gasteiger partial charge in [-0.25, -0.2) is 9.69 Å². The van der Waals surface area contributed by atoms with Crippen LogP contribution in [0.25, 0.3) is 6.08 Å². The number of carbonyl (C=O) groups excluding carboxylic acids is 3. The summed E-state index contributed by atoms with van der Waals surface area (Å²) in [6, 6.07) is 14.1. The van der Waals surface area contributed by atoms with Gasteiger partial charge < -0.3 is 13.7 Å². The second kappa shape index (κ2) is 11.8. The number of nitrogens with zero attached hydrogens (tertiary/aromatic N) is 1. The summed E-state index contributed by atoms with van der Waals surface area (Å²) in [4.78, 5) is 39.1. The minimum atomic E-state index is -4.25. The molecule has 0 aromatic heterocycles. The Morgan fingerprint density at radius 2 is 1.68 bits per heavy atom. The number of benzene rings is 3. The van der Waals surface area contributed by atoms with Gasteiger partial charge in [0.1, 0.15) is 16.2 Å². The van der Waals surface area contributed by atoms with Crippen LogP contribution in [0.5, 0.6) is 17.2 Å². The minimum Gasteiger partial charge on any atom is -0.494 e. The zero-order chi connectivity index (χ0) is 29.0. The molecular formula is C28H25ClN2O8S. The first-order valence-corrected chi connectivity index (χ1v) is 13.9. The van der Waals surface area contributed by atoms with Gasteiger partial charge in [-0.2, -0.15) is 8.42 Å². The molecule has 1 fully saturated rings. The number of nitrogens with one attached hydrogen (secondary N) is 1. The molecule has 3 aromatic rings. The molecule has 1 heterocycles. The average molecular weight is 585 g/mol. The van der Waals surface area contributed by atoms with Gasteiger partial charge in [-0.1, -0.05) is 36.2 Å². The molecule has 1 saturated heterocycles. The van der Waals surface area contributed by atoms with Crippen LogP contribution in [0.2, 0.25) is 5.02 Å². The smallest absolute Gasteiger partial charge is 0.339 e. The van der Waals surface area contributed by atoms with Gasteiger partial charge in [0.15, 0.2) is 5.75 Å². The standard InChI is InChI=1S/C28H25ClN2O8S/c1-4-13-38-20-9-7-19(8-10-20)31-27(33)22(26(32)30-28(31)34)14-18-15-23(29)25(24(16-18)37-3)39-40(35,36)21-11-5-17(2)6-12-21/h5-12,14-16H,4,13H2,1-3H3,(H,30,32,34)/b22-14-. The van der Waals surface area contributed by atoms with Gasteiger partial charge in [-0.05, 0) is 73.5 Å². The van der Waals surface area contributed by atoms with Gasteiger partial charge in [-0.15, -0.1) is 0 Å². The third-order valence-electron chi connectivity index (χ3n) is 5.73. The van der Waals surface area contributed by atoms with Crippen molar-refractivity contribution in [3.8, 4) is 17.2 Å². The Balaban J connectivity index is 1.65. The summed E-state index contributed by atoms with van der Waals surface area (Å²) in [5.41, 5.74) is 0.958. The van der Waals surface area contributed by atoms with Crippen molar-refractivity contribution in [3.63, 3.8) is 0 Å². The molecule has 12 heteroatoms. The molecule has 0 bridgehead atoms. The lowest BCUT2D eigenvalue weighted by Crippen LogP contribution is -2.54. The van der Waals surface area contributed by atoms with Crippen molar-refractivity contribution in [3.05, 3.63) is 82.4 Å². The molecule has 1 aliphatic heterocycles. The van der Waals surface area contributed by atoms with Crippen molar-refractivity contribution in [2.75, 3.05) is 18.6 Å². The quantitative estimate of drug-likeness (QED) is 0.214. The van der Waals surface area contributed by atoms with E-state index in [0.29, 0.717) is 12.4 Å². The lowest BCUT2D eigenvalue weighted by atomic mass is 10.1. The van der Waals surface area contributed by atoms with E-state index in [1.165, 1.54) is 49.6 Å². The molecule has 208 valence electrons. The van der Waals surface area contributed by atoms with Gasteiger partial charge in [0.2, 0.25) is 5.75 Å². The summed E-state index contributed by atoms with van der Waals surface area (Å²) in [7, 11) is -2.97. The number of aryl methyl sites for hydroxylation is 1. The van der Waals surface area contributed by atoms with Crippen LogP contribution in [0.4, 0.5) is 10.5 Å². The van der Waals surface area contributed by atoms with Gasteiger partial charge in [0.05, 0.1) is 24.4 Å². The molecular weight excluding hydrogens is 560 g/mol. The molecule has 40 heavy (non-hydrogen) atoms. The SMILES string of the molecule is CCCOc1ccc(N2C(=O)NC(=O)/C(=C/c3cc(Cl)c(OS(=O)(=O)c4ccc(C)cc4)c(OC)c3)C2=O)cc1. The second-order valence-corrected chi connectivity index (χ2v) is 10.6. The van der Waals surface area contributed by atoms with E-state index in [-0.39, 0.29) is 38.2 Å². The number of urea groups is 1. The predicted molar refractivity (Wildman–Crippen MR) is 148 cm³/mol. The van der Waals surface area contributed by atoms with Crippen LogP contribution in [0.1, 0.15) is 24.5 Å². The van der Waals surface area contributed by atoms with E-state index in [0.717, 1.165) is 16.9 Å². The Labute approximate surface area is 236 Å². The molecule has 4 rings (SSSR count). The van der Waals surface area contributed by atoms with Gasteiger partial charge >= 0.3 is 16.1 Å². The molecule has 0 spiro atoms. The highest BCUT2D eigenvalue weighted by Crippen LogP contribution is 2.39. The van der Waals surface area contributed by atoms with E-state index >= 15 is 0 Å². The molecule has 0 saturated carbocycles. The van der Waals surface area contributed by atoms with Crippen molar-refractivity contribution in [2.24, 2.45) is 0 Å². The summed E-state index contributed by atoms with van der Waals surface area (Å²) in [6.45, 7) is 4.29. The number of barbiturate groups is 1.